The molecule has 0 atom stereocenters. The number of amides is 1. The Kier molecular flexibility index (Phi) is 3.67. The molecule has 4 heteroatoms. The maximum Gasteiger partial charge on any atom is 0.261 e. The fourth-order valence-electron chi connectivity index (χ4n) is 1.66. The third kappa shape index (κ3) is 2.71. The number of nitrogens with two attached hydrogens (primary N) is 1. The van der Waals surface area contributed by atoms with Gasteiger partial charge in [0.25, 0.3) is 5.91 Å². The smallest absolute Gasteiger partial charge is 0.261 e. The molecule has 0 aliphatic heterocycles. The Labute approximate surface area is 111 Å². The summed E-state index contributed by atoms with van der Waals surface area (Å²) in [5.74, 6) is -0.0317. The van der Waals surface area contributed by atoms with E-state index in [1.165, 1.54) is 11.3 Å². The summed E-state index contributed by atoms with van der Waals surface area (Å²) in [6.45, 7) is 3.89. The van der Waals surface area contributed by atoms with Crippen LogP contribution in [0.4, 0.5) is 5.69 Å². The van der Waals surface area contributed by atoms with Crippen LogP contribution in [0.1, 0.15) is 23.5 Å². The number of nitrogens with one attached hydrogen (secondary N) is 1. The van der Waals surface area contributed by atoms with Crippen LogP contribution in [0.15, 0.2) is 36.4 Å². The van der Waals surface area contributed by atoms with Gasteiger partial charge in [0.05, 0.1) is 4.88 Å². The highest BCUT2D eigenvalue weighted by molar-refractivity contribution is 7.17. The molecule has 18 heavy (non-hydrogen) atoms. The molecule has 2 aromatic rings. The largest absolute Gasteiger partial charge is 0.398 e. The van der Waals surface area contributed by atoms with Gasteiger partial charge in [-0.05, 0) is 32.0 Å². The van der Waals surface area contributed by atoms with Crippen LogP contribution in [0, 0.1) is 0 Å². The lowest BCUT2D eigenvalue weighted by Gasteiger charge is -2.06. The van der Waals surface area contributed by atoms with Gasteiger partial charge in [0, 0.05) is 22.2 Å². The van der Waals surface area contributed by atoms with E-state index in [0.717, 1.165) is 16.1 Å². The number of nitrogen functional groups attached to an aromatic ring is 1. The monoisotopic (exact) mass is 260 g/mol. The van der Waals surface area contributed by atoms with Crippen LogP contribution in [0.2, 0.25) is 0 Å². The fraction of sp³-hybridized carbons (Fsp3) is 0.214. The molecular formula is C14H16N2OS. The van der Waals surface area contributed by atoms with E-state index >= 15 is 0 Å². The van der Waals surface area contributed by atoms with E-state index < -0.39 is 0 Å². The maximum atomic E-state index is 11.9. The van der Waals surface area contributed by atoms with Gasteiger partial charge in [0.2, 0.25) is 0 Å². The van der Waals surface area contributed by atoms with E-state index in [1.807, 2.05) is 50.2 Å². The molecule has 0 saturated carbocycles. The zero-order valence-electron chi connectivity index (χ0n) is 10.4. The molecule has 0 bridgehead atoms. The molecule has 2 rings (SSSR count). The number of benzene rings is 1. The van der Waals surface area contributed by atoms with Crippen LogP contribution in [-0.4, -0.2) is 11.9 Å². The maximum absolute atomic E-state index is 11.9. The normalized spacial score (nSPS) is 10.6. The molecule has 1 amide bonds. The fourth-order valence-corrected chi connectivity index (χ4v) is 2.62. The number of thiophene rings is 1. The van der Waals surface area contributed by atoms with E-state index in [-0.39, 0.29) is 11.9 Å². The Bertz CT molecular complexity index is 560. The first-order chi connectivity index (χ1) is 8.58. The molecule has 0 radical (unpaired) electrons. The zero-order valence-corrected chi connectivity index (χ0v) is 11.3. The molecule has 1 aromatic heterocycles. The molecule has 0 aliphatic carbocycles. The molecule has 0 spiro atoms. The molecule has 0 saturated heterocycles. The second kappa shape index (κ2) is 5.23. The van der Waals surface area contributed by atoms with Crippen molar-refractivity contribution in [3.8, 4) is 10.4 Å². The van der Waals surface area contributed by atoms with Crippen molar-refractivity contribution in [1.82, 2.24) is 5.32 Å². The summed E-state index contributed by atoms with van der Waals surface area (Å²) in [5, 5.41) is 2.88. The first-order valence-corrected chi connectivity index (χ1v) is 6.65. The summed E-state index contributed by atoms with van der Waals surface area (Å²) >= 11 is 1.46. The highest BCUT2D eigenvalue weighted by Crippen LogP contribution is 2.31. The number of carbonyl (C=O) groups is 1. The summed E-state index contributed by atoms with van der Waals surface area (Å²) in [4.78, 5) is 13.6. The minimum absolute atomic E-state index is 0.0317. The van der Waals surface area contributed by atoms with Crippen LogP contribution in [0.5, 0.6) is 0 Å². The van der Waals surface area contributed by atoms with E-state index in [2.05, 4.69) is 5.32 Å². The third-order valence-electron chi connectivity index (χ3n) is 2.48. The van der Waals surface area contributed by atoms with Gasteiger partial charge in [-0.25, -0.2) is 0 Å². The van der Waals surface area contributed by atoms with Gasteiger partial charge in [0.1, 0.15) is 0 Å². The lowest BCUT2D eigenvalue weighted by molar-refractivity contribution is 0.0947. The highest BCUT2D eigenvalue weighted by atomic mass is 32.1. The average Bonchev–Trinajstić information content (AvgIpc) is 2.78. The standard InChI is InChI=1S/C14H16N2OS/c1-9(2)16-14(17)13-8-7-12(18-13)10-5-3-4-6-11(10)15/h3-9H,15H2,1-2H3,(H,16,17). The predicted octanol–water partition coefficient (Wildman–Crippen LogP) is 3.14. The molecule has 3 nitrogen and oxygen atoms in total. The van der Waals surface area contributed by atoms with E-state index in [9.17, 15) is 4.79 Å². The van der Waals surface area contributed by atoms with Crippen molar-refractivity contribution < 1.29 is 4.79 Å². The van der Waals surface area contributed by atoms with E-state index in [1.54, 1.807) is 0 Å². The number of rotatable bonds is 3. The summed E-state index contributed by atoms with van der Waals surface area (Å²) in [7, 11) is 0. The minimum atomic E-state index is -0.0317. The average molecular weight is 260 g/mol. The molecule has 0 aliphatic rings. The van der Waals surface area contributed by atoms with E-state index in [4.69, 9.17) is 5.73 Å². The Morgan fingerprint density at radius 2 is 1.94 bits per heavy atom. The van der Waals surface area contributed by atoms with Gasteiger partial charge in [-0.3, -0.25) is 4.79 Å². The summed E-state index contributed by atoms with van der Waals surface area (Å²) in [6.07, 6.45) is 0. The molecule has 0 unspecified atom stereocenters. The first kappa shape index (κ1) is 12.6. The van der Waals surface area contributed by atoms with Gasteiger partial charge < -0.3 is 11.1 Å². The van der Waals surface area contributed by atoms with Crippen molar-refractivity contribution in [2.24, 2.45) is 0 Å². The zero-order chi connectivity index (χ0) is 13.1. The third-order valence-corrected chi connectivity index (χ3v) is 3.59. The van der Waals surface area contributed by atoms with Gasteiger partial charge in [-0.15, -0.1) is 11.3 Å². The van der Waals surface area contributed by atoms with Gasteiger partial charge in [-0.1, -0.05) is 18.2 Å². The Morgan fingerprint density at radius 3 is 2.61 bits per heavy atom. The van der Waals surface area contributed by atoms with Crippen LogP contribution in [0.25, 0.3) is 10.4 Å². The number of para-hydroxylation sites is 1. The second-order valence-corrected chi connectivity index (χ2v) is 5.46. The molecule has 94 valence electrons. The first-order valence-electron chi connectivity index (χ1n) is 5.83. The summed E-state index contributed by atoms with van der Waals surface area (Å²) in [6, 6.07) is 11.6. The molecular weight excluding hydrogens is 244 g/mol. The minimum Gasteiger partial charge on any atom is -0.398 e. The van der Waals surface area contributed by atoms with Crippen molar-refractivity contribution in [1.29, 1.82) is 0 Å². The predicted molar refractivity (Wildman–Crippen MR) is 76.8 cm³/mol. The van der Waals surface area contributed by atoms with Crippen molar-refractivity contribution in [2.75, 3.05) is 5.73 Å². The Balaban J connectivity index is 2.26. The molecule has 1 aromatic carbocycles. The lowest BCUT2D eigenvalue weighted by Crippen LogP contribution is -2.29. The Morgan fingerprint density at radius 1 is 1.22 bits per heavy atom. The SMILES string of the molecule is CC(C)NC(=O)c1ccc(-c2ccccc2N)s1. The Hall–Kier alpha value is -1.81. The molecule has 3 N–H and O–H groups in total. The van der Waals surface area contributed by atoms with Crippen LogP contribution < -0.4 is 11.1 Å². The highest BCUT2D eigenvalue weighted by Gasteiger charge is 2.11. The lowest BCUT2D eigenvalue weighted by atomic mass is 10.1. The van der Waals surface area contributed by atoms with Crippen LogP contribution in [0.3, 0.4) is 0 Å². The van der Waals surface area contributed by atoms with Crippen molar-refractivity contribution in [3.05, 3.63) is 41.3 Å². The molecule has 1 heterocycles. The van der Waals surface area contributed by atoms with Gasteiger partial charge in [0.15, 0.2) is 0 Å². The summed E-state index contributed by atoms with van der Waals surface area (Å²) < 4.78 is 0. The van der Waals surface area contributed by atoms with E-state index in [0.29, 0.717) is 4.88 Å². The number of carbonyl (C=O) groups excluding carboxylic acids is 1. The van der Waals surface area contributed by atoms with Crippen molar-refractivity contribution in [2.45, 2.75) is 19.9 Å². The second-order valence-electron chi connectivity index (χ2n) is 4.38. The van der Waals surface area contributed by atoms with Crippen molar-refractivity contribution in [3.63, 3.8) is 0 Å². The molecule has 0 fully saturated rings. The van der Waals surface area contributed by atoms with Crippen LogP contribution >= 0.6 is 11.3 Å². The van der Waals surface area contributed by atoms with Crippen molar-refractivity contribution >= 4 is 22.9 Å². The quantitative estimate of drug-likeness (QED) is 0.833. The number of anilines is 1. The number of hydrogen-bond donors (Lipinski definition) is 2. The topological polar surface area (TPSA) is 55.1 Å². The van der Waals surface area contributed by atoms with Gasteiger partial charge in [-0.2, -0.15) is 0 Å². The van der Waals surface area contributed by atoms with Gasteiger partial charge >= 0.3 is 0 Å². The summed E-state index contributed by atoms with van der Waals surface area (Å²) in [5.41, 5.74) is 7.63. The van der Waals surface area contributed by atoms with Crippen LogP contribution in [-0.2, 0) is 0 Å². The number of hydrogen-bond acceptors (Lipinski definition) is 3.